The van der Waals surface area contributed by atoms with Crippen LogP contribution in [0, 0.1) is 12.7 Å². The smallest absolute Gasteiger partial charge is 0.129 e. The number of ether oxygens (including phenoxy) is 1. The van der Waals surface area contributed by atoms with Crippen LogP contribution in [0.1, 0.15) is 36.6 Å². The Labute approximate surface area is 125 Å². The lowest BCUT2D eigenvalue weighted by atomic mass is 10.0. The summed E-state index contributed by atoms with van der Waals surface area (Å²) >= 11 is 0. The lowest BCUT2D eigenvalue weighted by molar-refractivity contribution is 0.189. The molecular formula is C18H22FNO. The van der Waals surface area contributed by atoms with Crippen LogP contribution in [0.4, 0.5) is 4.39 Å². The van der Waals surface area contributed by atoms with Crippen molar-refractivity contribution in [3.05, 3.63) is 65.0 Å². The molecule has 21 heavy (non-hydrogen) atoms. The third-order valence-electron chi connectivity index (χ3n) is 3.74. The third-order valence-corrected chi connectivity index (χ3v) is 3.74. The van der Waals surface area contributed by atoms with Crippen molar-refractivity contribution in [1.82, 2.24) is 0 Å². The lowest BCUT2D eigenvalue weighted by Crippen LogP contribution is -2.28. The number of aryl methyl sites for hydroxylation is 2. The lowest BCUT2D eigenvalue weighted by Gasteiger charge is -2.22. The summed E-state index contributed by atoms with van der Waals surface area (Å²) in [5, 5.41) is 0. The first kappa shape index (κ1) is 15.5. The molecular weight excluding hydrogens is 265 g/mol. The average molecular weight is 287 g/mol. The van der Waals surface area contributed by atoms with E-state index in [1.165, 1.54) is 11.6 Å². The van der Waals surface area contributed by atoms with E-state index in [-0.39, 0.29) is 18.0 Å². The highest BCUT2D eigenvalue weighted by Crippen LogP contribution is 2.22. The Bertz CT molecular complexity index is 595. The predicted molar refractivity (Wildman–Crippen MR) is 84.0 cm³/mol. The first-order chi connectivity index (χ1) is 10.0. The predicted octanol–water partition coefficient (Wildman–Crippen LogP) is 4.16. The van der Waals surface area contributed by atoms with Gasteiger partial charge in [-0.1, -0.05) is 37.3 Å². The van der Waals surface area contributed by atoms with Crippen LogP contribution in [0.3, 0.4) is 0 Å². The quantitative estimate of drug-likeness (QED) is 0.896. The van der Waals surface area contributed by atoms with Crippen molar-refractivity contribution in [3.63, 3.8) is 0 Å². The van der Waals surface area contributed by atoms with Crippen molar-refractivity contribution in [3.8, 4) is 5.75 Å². The Morgan fingerprint density at radius 1 is 1.14 bits per heavy atom. The molecule has 0 bridgehead atoms. The summed E-state index contributed by atoms with van der Waals surface area (Å²) in [7, 11) is 0. The van der Waals surface area contributed by atoms with Crippen LogP contribution in [-0.4, -0.2) is 6.10 Å². The molecule has 0 heterocycles. The second-order valence-electron chi connectivity index (χ2n) is 5.35. The zero-order valence-corrected chi connectivity index (χ0v) is 12.8. The molecule has 0 aliphatic rings. The van der Waals surface area contributed by atoms with Crippen LogP contribution in [-0.2, 0) is 6.42 Å². The molecule has 2 rings (SSSR count). The molecule has 2 unspecified atom stereocenters. The zero-order valence-electron chi connectivity index (χ0n) is 12.8. The summed E-state index contributed by atoms with van der Waals surface area (Å²) in [6, 6.07) is 12.8. The molecule has 0 aromatic heterocycles. The van der Waals surface area contributed by atoms with E-state index in [0.29, 0.717) is 11.3 Å². The number of rotatable bonds is 5. The molecule has 0 saturated heterocycles. The van der Waals surface area contributed by atoms with Gasteiger partial charge in [0.25, 0.3) is 0 Å². The minimum absolute atomic E-state index is 0.236. The molecule has 0 aliphatic heterocycles. The van der Waals surface area contributed by atoms with Gasteiger partial charge in [0.1, 0.15) is 17.7 Å². The molecule has 2 N–H and O–H groups in total. The fourth-order valence-electron chi connectivity index (χ4n) is 2.18. The maximum atomic E-state index is 13.5. The maximum absolute atomic E-state index is 13.5. The second-order valence-corrected chi connectivity index (χ2v) is 5.35. The largest absolute Gasteiger partial charge is 0.489 e. The SMILES string of the molecule is CCc1ccc(C(N)C(C)Oc2ccc(C)c(F)c2)cc1. The Kier molecular flexibility index (Phi) is 4.97. The van der Waals surface area contributed by atoms with Crippen LogP contribution in [0.2, 0.25) is 0 Å². The summed E-state index contributed by atoms with van der Waals surface area (Å²) in [6.45, 7) is 5.74. The number of nitrogens with two attached hydrogens (primary N) is 1. The fraction of sp³-hybridized carbons (Fsp3) is 0.333. The van der Waals surface area contributed by atoms with E-state index in [2.05, 4.69) is 19.1 Å². The van der Waals surface area contributed by atoms with Crippen LogP contribution in [0.5, 0.6) is 5.75 Å². The zero-order chi connectivity index (χ0) is 15.4. The van der Waals surface area contributed by atoms with Gasteiger partial charge in [0.2, 0.25) is 0 Å². The highest BCUT2D eigenvalue weighted by atomic mass is 19.1. The van der Waals surface area contributed by atoms with E-state index < -0.39 is 0 Å². The molecule has 3 heteroatoms. The summed E-state index contributed by atoms with van der Waals surface area (Å²) in [5.74, 6) is 0.242. The standard InChI is InChI=1S/C18H22FNO/c1-4-14-6-8-15(9-7-14)18(20)13(3)21-16-10-5-12(2)17(19)11-16/h5-11,13,18H,4,20H2,1-3H3. The van der Waals surface area contributed by atoms with Gasteiger partial charge in [0, 0.05) is 6.07 Å². The van der Waals surface area contributed by atoms with Gasteiger partial charge in [-0.05, 0) is 43.0 Å². The Morgan fingerprint density at radius 3 is 2.38 bits per heavy atom. The van der Waals surface area contributed by atoms with Gasteiger partial charge in [0.15, 0.2) is 0 Å². The van der Waals surface area contributed by atoms with Crippen LogP contribution < -0.4 is 10.5 Å². The van der Waals surface area contributed by atoms with Gasteiger partial charge >= 0.3 is 0 Å². The van der Waals surface area contributed by atoms with Crippen molar-refractivity contribution >= 4 is 0 Å². The van der Waals surface area contributed by atoms with Crippen LogP contribution >= 0.6 is 0 Å². The van der Waals surface area contributed by atoms with Crippen molar-refractivity contribution < 1.29 is 9.13 Å². The number of benzene rings is 2. The highest BCUT2D eigenvalue weighted by molar-refractivity contribution is 5.29. The minimum Gasteiger partial charge on any atom is -0.489 e. The second kappa shape index (κ2) is 6.72. The molecule has 112 valence electrons. The number of halogens is 1. The first-order valence-corrected chi connectivity index (χ1v) is 7.28. The molecule has 2 atom stereocenters. The van der Waals surface area contributed by atoms with Gasteiger partial charge in [-0.15, -0.1) is 0 Å². The Balaban J connectivity index is 2.07. The normalized spacial score (nSPS) is 13.8. The van der Waals surface area contributed by atoms with Crippen molar-refractivity contribution in [2.24, 2.45) is 5.73 Å². The van der Waals surface area contributed by atoms with E-state index in [9.17, 15) is 4.39 Å². The molecule has 2 aromatic carbocycles. The summed E-state index contributed by atoms with van der Waals surface area (Å²) in [6.07, 6.45) is 0.768. The van der Waals surface area contributed by atoms with Gasteiger partial charge in [0.05, 0.1) is 6.04 Å². The van der Waals surface area contributed by atoms with Gasteiger partial charge < -0.3 is 10.5 Å². The average Bonchev–Trinajstić information content (AvgIpc) is 2.50. The molecule has 2 nitrogen and oxygen atoms in total. The van der Waals surface area contributed by atoms with Crippen molar-refractivity contribution in [2.75, 3.05) is 0 Å². The summed E-state index contributed by atoms with van der Waals surface area (Å²) in [5.41, 5.74) is 9.13. The van der Waals surface area contributed by atoms with Crippen LogP contribution in [0.15, 0.2) is 42.5 Å². The highest BCUT2D eigenvalue weighted by Gasteiger charge is 2.17. The minimum atomic E-state index is -0.263. The van der Waals surface area contributed by atoms with Gasteiger partial charge in [-0.2, -0.15) is 0 Å². The van der Waals surface area contributed by atoms with Crippen molar-refractivity contribution in [1.29, 1.82) is 0 Å². The van der Waals surface area contributed by atoms with E-state index in [0.717, 1.165) is 12.0 Å². The van der Waals surface area contributed by atoms with Crippen molar-refractivity contribution in [2.45, 2.75) is 39.3 Å². The first-order valence-electron chi connectivity index (χ1n) is 7.28. The van der Waals surface area contributed by atoms with E-state index in [1.54, 1.807) is 19.1 Å². The van der Waals surface area contributed by atoms with Gasteiger partial charge in [-0.25, -0.2) is 4.39 Å². The molecule has 0 fully saturated rings. The van der Waals surface area contributed by atoms with E-state index in [4.69, 9.17) is 10.5 Å². The fourth-order valence-corrected chi connectivity index (χ4v) is 2.18. The molecule has 0 saturated carbocycles. The molecule has 2 aromatic rings. The maximum Gasteiger partial charge on any atom is 0.129 e. The number of hydrogen-bond donors (Lipinski definition) is 1. The van der Waals surface area contributed by atoms with Gasteiger partial charge in [-0.3, -0.25) is 0 Å². The topological polar surface area (TPSA) is 35.2 Å². The monoisotopic (exact) mass is 287 g/mol. The molecule has 0 radical (unpaired) electrons. The van der Waals surface area contributed by atoms with E-state index >= 15 is 0 Å². The molecule has 0 amide bonds. The molecule has 0 spiro atoms. The Morgan fingerprint density at radius 2 is 1.81 bits per heavy atom. The third kappa shape index (κ3) is 3.82. The Hall–Kier alpha value is -1.87. The summed E-state index contributed by atoms with van der Waals surface area (Å²) < 4.78 is 19.3. The number of hydrogen-bond acceptors (Lipinski definition) is 2. The molecule has 0 aliphatic carbocycles. The summed E-state index contributed by atoms with van der Waals surface area (Å²) in [4.78, 5) is 0. The van der Waals surface area contributed by atoms with E-state index in [1.807, 2.05) is 19.1 Å². The van der Waals surface area contributed by atoms with Crippen LogP contribution in [0.25, 0.3) is 0 Å².